The summed E-state index contributed by atoms with van der Waals surface area (Å²) in [6.07, 6.45) is 4.08. The van der Waals surface area contributed by atoms with Crippen LogP contribution >= 0.6 is 0 Å². The summed E-state index contributed by atoms with van der Waals surface area (Å²) in [5.74, 6) is 1.01. The highest BCUT2D eigenvalue weighted by Crippen LogP contribution is 1.97. The molecule has 0 unspecified atom stereocenters. The largest absolute Gasteiger partial charge is 0.468 e. The summed E-state index contributed by atoms with van der Waals surface area (Å²) < 4.78 is 5.20. The van der Waals surface area contributed by atoms with E-state index < -0.39 is 0 Å². The number of hydrogen-bond donors (Lipinski definition) is 2. The lowest BCUT2D eigenvalue weighted by Gasteiger charge is -2.03. The molecule has 0 saturated heterocycles. The highest BCUT2D eigenvalue weighted by Gasteiger charge is 1.93. The fourth-order valence-corrected chi connectivity index (χ4v) is 1.26. The molecule has 1 heterocycles. The monoisotopic (exact) mass is 196 g/mol. The third-order valence-electron chi connectivity index (χ3n) is 2.01. The Labute approximate surface area is 85.9 Å². The Morgan fingerprint density at radius 3 is 2.79 bits per heavy atom. The van der Waals surface area contributed by atoms with Gasteiger partial charge >= 0.3 is 0 Å². The minimum atomic E-state index is 0.834. The summed E-state index contributed by atoms with van der Waals surface area (Å²) in [5.41, 5.74) is 0. The first-order valence-corrected chi connectivity index (χ1v) is 5.37. The lowest BCUT2D eigenvalue weighted by atomic mass is 10.4. The molecular weight excluding hydrogens is 176 g/mol. The smallest absolute Gasteiger partial charge is 0.117 e. The van der Waals surface area contributed by atoms with Gasteiger partial charge in [0.1, 0.15) is 5.76 Å². The van der Waals surface area contributed by atoms with Crippen molar-refractivity contribution < 1.29 is 4.42 Å². The molecule has 14 heavy (non-hydrogen) atoms. The van der Waals surface area contributed by atoms with Crippen LogP contribution in [-0.2, 0) is 6.54 Å². The first-order valence-electron chi connectivity index (χ1n) is 5.37. The molecule has 1 aromatic rings. The van der Waals surface area contributed by atoms with Gasteiger partial charge in [-0.15, -0.1) is 0 Å². The first-order chi connectivity index (χ1) is 6.93. The minimum Gasteiger partial charge on any atom is -0.468 e. The maximum atomic E-state index is 5.20. The number of nitrogens with one attached hydrogen (secondary N) is 2. The Kier molecular flexibility index (Phi) is 6.11. The van der Waals surface area contributed by atoms with Crippen molar-refractivity contribution >= 4 is 0 Å². The quantitative estimate of drug-likeness (QED) is 0.622. The molecule has 0 radical (unpaired) electrons. The van der Waals surface area contributed by atoms with E-state index in [2.05, 4.69) is 17.6 Å². The van der Waals surface area contributed by atoms with E-state index in [9.17, 15) is 0 Å². The molecule has 1 aromatic heterocycles. The van der Waals surface area contributed by atoms with Gasteiger partial charge in [-0.3, -0.25) is 0 Å². The molecule has 0 atom stereocenters. The molecular formula is C11H20N2O. The van der Waals surface area contributed by atoms with Crippen LogP contribution < -0.4 is 10.6 Å². The van der Waals surface area contributed by atoms with Crippen molar-refractivity contribution in [1.82, 2.24) is 10.6 Å². The Bertz CT molecular complexity index is 209. The lowest BCUT2D eigenvalue weighted by molar-refractivity contribution is 0.478. The van der Waals surface area contributed by atoms with Gasteiger partial charge in [0.05, 0.1) is 12.8 Å². The third kappa shape index (κ3) is 5.04. The number of furan rings is 1. The van der Waals surface area contributed by atoms with Crippen LogP contribution in [0.25, 0.3) is 0 Å². The SMILES string of the molecule is CCCNCCCNCc1ccco1. The van der Waals surface area contributed by atoms with Crippen LogP contribution in [-0.4, -0.2) is 19.6 Å². The van der Waals surface area contributed by atoms with Gasteiger partial charge in [0.15, 0.2) is 0 Å². The van der Waals surface area contributed by atoms with Crippen molar-refractivity contribution in [3.05, 3.63) is 24.2 Å². The van der Waals surface area contributed by atoms with Crippen LogP contribution in [0.1, 0.15) is 25.5 Å². The van der Waals surface area contributed by atoms with E-state index in [0.29, 0.717) is 0 Å². The molecule has 0 aromatic carbocycles. The van der Waals surface area contributed by atoms with E-state index in [-0.39, 0.29) is 0 Å². The van der Waals surface area contributed by atoms with E-state index in [0.717, 1.165) is 31.9 Å². The topological polar surface area (TPSA) is 37.2 Å². The predicted octanol–water partition coefficient (Wildman–Crippen LogP) is 1.76. The van der Waals surface area contributed by atoms with Crippen molar-refractivity contribution in [3.8, 4) is 0 Å². The number of hydrogen-bond acceptors (Lipinski definition) is 3. The normalized spacial score (nSPS) is 10.6. The summed E-state index contributed by atoms with van der Waals surface area (Å²) in [4.78, 5) is 0. The van der Waals surface area contributed by atoms with E-state index in [1.165, 1.54) is 12.8 Å². The van der Waals surface area contributed by atoms with Crippen LogP contribution in [0.15, 0.2) is 22.8 Å². The molecule has 0 aliphatic heterocycles. The Hall–Kier alpha value is -0.800. The van der Waals surface area contributed by atoms with Crippen molar-refractivity contribution in [2.45, 2.75) is 26.3 Å². The third-order valence-corrected chi connectivity index (χ3v) is 2.01. The van der Waals surface area contributed by atoms with Gasteiger partial charge < -0.3 is 15.1 Å². The van der Waals surface area contributed by atoms with Crippen molar-refractivity contribution in [2.75, 3.05) is 19.6 Å². The fraction of sp³-hybridized carbons (Fsp3) is 0.636. The summed E-state index contributed by atoms with van der Waals surface area (Å²) in [5, 5.41) is 6.70. The summed E-state index contributed by atoms with van der Waals surface area (Å²) in [7, 11) is 0. The van der Waals surface area contributed by atoms with Gasteiger partial charge in [0, 0.05) is 0 Å². The van der Waals surface area contributed by atoms with Crippen LogP contribution in [0.3, 0.4) is 0 Å². The highest BCUT2D eigenvalue weighted by atomic mass is 16.3. The van der Waals surface area contributed by atoms with Crippen LogP contribution in [0.2, 0.25) is 0 Å². The average molecular weight is 196 g/mol. The molecule has 3 nitrogen and oxygen atoms in total. The molecule has 0 aliphatic rings. The van der Waals surface area contributed by atoms with Crippen LogP contribution in [0.4, 0.5) is 0 Å². The van der Waals surface area contributed by atoms with Gasteiger partial charge in [-0.2, -0.15) is 0 Å². The maximum Gasteiger partial charge on any atom is 0.117 e. The Morgan fingerprint density at radius 2 is 2.07 bits per heavy atom. The molecule has 80 valence electrons. The molecule has 3 heteroatoms. The van der Waals surface area contributed by atoms with Crippen molar-refractivity contribution in [3.63, 3.8) is 0 Å². The highest BCUT2D eigenvalue weighted by molar-refractivity contribution is 4.97. The van der Waals surface area contributed by atoms with Gasteiger partial charge in [0.2, 0.25) is 0 Å². The van der Waals surface area contributed by atoms with Gasteiger partial charge in [-0.25, -0.2) is 0 Å². The van der Waals surface area contributed by atoms with Crippen molar-refractivity contribution in [1.29, 1.82) is 0 Å². The van der Waals surface area contributed by atoms with E-state index >= 15 is 0 Å². The van der Waals surface area contributed by atoms with Crippen LogP contribution in [0.5, 0.6) is 0 Å². The molecule has 0 aliphatic carbocycles. The molecule has 0 bridgehead atoms. The zero-order valence-corrected chi connectivity index (χ0v) is 8.88. The molecule has 1 rings (SSSR count). The predicted molar refractivity (Wildman–Crippen MR) is 58.2 cm³/mol. The first kappa shape index (κ1) is 11.3. The molecule has 0 amide bonds. The van der Waals surface area contributed by atoms with Gasteiger partial charge in [-0.1, -0.05) is 6.92 Å². The summed E-state index contributed by atoms with van der Waals surface area (Å²) >= 11 is 0. The Balaban J connectivity index is 1.85. The minimum absolute atomic E-state index is 0.834. The second-order valence-electron chi connectivity index (χ2n) is 3.36. The fourth-order valence-electron chi connectivity index (χ4n) is 1.26. The lowest BCUT2D eigenvalue weighted by Crippen LogP contribution is -2.22. The maximum absolute atomic E-state index is 5.20. The average Bonchev–Trinajstić information content (AvgIpc) is 2.69. The van der Waals surface area contributed by atoms with Gasteiger partial charge in [0.25, 0.3) is 0 Å². The zero-order valence-electron chi connectivity index (χ0n) is 8.88. The molecule has 0 spiro atoms. The van der Waals surface area contributed by atoms with Crippen molar-refractivity contribution in [2.24, 2.45) is 0 Å². The molecule has 0 saturated carbocycles. The van der Waals surface area contributed by atoms with E-state index in [4.69, 9.17) is 4.42 Å². The second-order valence-corrected chi connectivity index (χ2v) is 3.36. The van der Waals surface area contributed by atoms with Crippen LogP contribution in [0, 0.1) is 0 Å². The van der Waals surface area contributed by atoms with Gasteiger partial charge in [-0.05, 0) is 44.6 Å². The number of rotatable bonds is 8. The second kappa shape index (κ2) is 7.59. The Morgan fingerprint density at radius 1 is 1.21 bits per heavy atom. The van der Waals surface area contributed by atoms with E-state index in [1.807, 2.05) is 12.1 Å². The molecule has 0 fully saturated rings. The summed E-state index contributed by atoms with van der Waals surface area (Å²) in [6.45, 7) is 6.28. The molecule has 2 N–H and O–H groups in total. The zero-order chi connectivity index (χ0) is 10.1. The van der Waals surface area contributed by atoms with E-state index in [1.54, 1.807) is 6.26 Å². The standard InChI is InChI=1S/C11H20N2O/c1-2-6-12-7-4-8-13-10-11-5-3-9-14-11/h3,5,9,12-13H,2,4,6-8,10H2,1H3. The summed E-state index contributed by atoms with van der Waals surface area (Å²) in [6, 6.07) is 3.90.